The Morgan fingerprint density at radius 1 is 0.921 bits per heavy atom. The number of carbonyl (C=O) groups is 5. The van der Waals surface area contributed by atoms with Crippen LogP contribution < -0.4 is 20.1 Å². The summed E-state index contributed by atoms with van der Waals surface area (Å²) in [6, 6.07) is 13.7. The summed E-state index contributed by atoms with van der Waals surface area (Å²) in [6.07, 6.45) is 9.69. The number of methoxy groups -OCH3 is 1. The molecule has 2 aromatic carbocycles. The lowest BCUT2D eigenvalue weighted by atomic mass is 10.0. The molecule has 63 heavy (non-hydrogen) atoms. The molecular weight excluding hydrogens is 831 g/mol. The summed E-state index contributed by atoms with van der Waals surface area (Å²) in [6.45, 7) is -0.0703. The van der Waals surface area contributed by atoms with Crippen molar-refractivity contribution in [3.63, 3.8) is 0 Å². The average Bonchev–Trinajstić information content (AvgIpc) is 4.09. The predicted molar refractivity (Wildman–Crippen MR) is 229 cm³/mol. The van der Waals surface area contributed by atoms with Crippen molar-refractivity contribution in [2.75, 3.05) is 13.7 Å². The van der Waals surface area contributed by atoms with Crippen molar-refractivity contribution in [1.82, 2.24) is 34.9 Å². The molecular formula is C45H51N7O10S. The lowest BCUT2D eigenvalue weighted by Crippen LogP contribution is -2.58. The van der Waals surface area contributed by atoms with Gasteiger partial charge in [0.1, 0.15) is 29.8 Å². The van der Waals surface area contributed by atoms with E-state index in [9.17, 15) is 32.4 Å². The Balaban J connectivity index is 1.05. The summed E-state index contributed by atoms with van der Waals surface area (Å²) in [7, 11) is -2.62. The highest BCUT2D eigenvalue weighted by Gasteiger charge is 2.62. The fraction of sp³-hybridized carbons (Fsp3) is 0.489. The van der Waals surface area contributed by atoms with Crippen LogP contribution in [0, 0.1) is 5.92 Å². The van der Waals surface area contributed by atoms with Gasteiger partial charge in [0.15, 0.2) is 5.65 Å². The second kappa shape index (κ2) is 17.3. The Kier molecular flexibility index (Phi) is 11.6. The first-order valence-electron chi connectivity index (χ1n) is 21.9. The van der Waals surface area contributed by atoms with Gasteiger partial charge in [-0.2, -0.15) is 9.61 Å². The number of sulfonamides is 1. The smallest absolute Gasteiger partial charge is 0.408 e. The van der Waals surface area contributed by atoms with Crippen LogP contribution in [0.1, 0.15) is 93.8 Å². The molecule has 3 saturated carbocycles. The third-order valence-electron chi connectivity index (χ3n) is 12.8. The molecule has 4 aromatic rings. The normalized spacial score (nSPS) is 26.1. The molecule has 0 radical (unpaired) electrons. The number of hydrogen-bond acceptors (Lipinski definition) is 12. The molecule has 332 valence electrons. The van der Waals surface area contributed by atoms with E-state index in [-0.39, 0.29) is 31.4 Å². The number of ether oxygens (including phenoxy) is 3. The van der Waals surface area contributed by atoms with Gasteiger partial charge in [0.05, 0.1) is 35.7 Å². The highest BCUT2D eigenvalue weighted by molar-refractivity contribution is 7.91. The number of rotatable bonds is 9. The van der Waals surface area contributed by atoms with Crippen molar-refractivity contribution in [2.45, 2.75) is 119 Å². The molecule has 0 spiro atoms. The fourth-order valence-electron chi connectivity index (χ4n) is 9.08. The zero-order valence-electron chi connectivity index (χ0n) is 35.0. The third kappa shape index (κ3) is 8.81. The van der Waals surface area contributed by atoms with E-state index in [1.807, 2.05) is 36.4 Å². The molecule has 3 N–H and O–H groups in total. The topological polar surface area (TPSA) is 217 Å². The van der Waals surface area contributed by atoms with Crippen LogP contribution in [0.25, 0.3) is 27.8 Å². The van der Waals surface area contributed by atoms with E-state index in [0.717, 1.165) is 43.9 Å². The summed E-state index contributed by atoms with van der Waals surface area (Å²) in [5.41, 5.74) is 1.14. The predicted octanol–water partition coefficient (Wildman–Crippen LogP) is 4.73. The van der Waals surface area contributed by atoms with Gasteiger partial charge in [-0.25, -0.2) is 23.0 Å². The van der Waals surface area contributed by atoms with Crippen LogP contribution >= 0.6 is 0 Å². The fourth-order valence-corrected chi connectivity index (χ4v) is 10.4. The van der Waals surface area contributed by atoms with Crippen molar-refractivity contribution < 1.29 is 46.6 Å². The zero-order valence-corrected chi connectivity index (χ0v) is 35.8. The number of carbonyl (C=O) groups excluding carboxylic acids is 5. The van der Waals surface area contributed by atoms with E-state index in [1.165, 1.54) is 12.0 Å². The number of fused-ring (bicyclic) bond motifs is 5. The van der Waals surface area contributed by atoms with Crippen molar-refractivity contribution >= 4 is 56.4 Å². The summed E-state index contributed by atoms with van der Waals surface area (Å²) in [5.74, 6) is -2.63. The number of nitrogens with one attached hydrogen (secondary N) is 3. The lowest BCUT2D eigenvalue weighted by molar-refractivity contribution is -0.141. The zero-order chi connectivity index (χ0) is 43.9. The van der Waals surface area contributed by atoms with Gasteiger partial charge in [-0.1, -0.05) is 49.3 Å². The van der Waals surface area contributed by atoms with Crippen molar-refractivity contribution in [2.24, 2.45) is 5.92 Å². The molecule has 2 aliphatic heterocycles. The van der Waals surface area contributed by atoms with Gasteiger partial charge in [-0.15, -0.1) is 0 Å². The maximum atomic E-state index is 14.8. The van der Waals surface area contributed by atoms with Crippen LogP contribution in [-0.4, -0.2) is 106 Å². The maximum Gasteiger partial charge on any atom is 0.408 e. The van der Waals surface area contributed by atoms with E-state index in [1.54, 1.807) is 34.8 Å². The van der Waals surface area contributed by atoms with E-state index in [0.29, 0.717) is 60.1 Å². The molecule has 5 atom stereocenters. The number of alkyl carbamates (subject to hydrolysis) is 1. The molecule has 0 bridgehead atoms. The minimum Gasteiger partial charge on any atom is -0.472 e. The summed E-state index contributed by atoms with van der Waals surface area (Å²) >= 11 is 0. The Hall–Kier alpha value is -6.04. The molecule has 4 amide bonds. The molecule has 0 unspecified atom stereocenters. The van der Waals surface area contributed by atoms with Crippen molar-refractivity contribution in [1.29, 1.82) is 0 Å². The van der Waals surface area contributed by atoms with Gasteiger partial charge < -0.3 is 29.7 Å². The number of allylic oxidation sites excluding steroid dienone is 1. The second-order valence-electron chi connectivity index (χ2n) is 17.3. The summed E-state index contributed by atoms with van der Waals surface area (Å²) in [5, 5.41) is 10.6. The van der Waals surface area contributed by atoms with Crippen LogP contribution in [0.2, 0.25) is 0 Å². The Bertz CT molecular complexity index is 2590. The van der Waals surface area contributed by atoms with Crippen LogP contribution in [0.5, 0.6) is 5.88 Å². The largest absolute Gasteiger partial charge is 0.472 e. The SMILES string of the molecule is COC(=O)c1ccc(-c2cc(O[C@@H]3C[C@H]4C(=O)N[C@]5(C(=O)NS(=O)(=O)C6CC6)C[C@H]5/C=C\CCCCC[C@H](NC(=O)OC5CCCC5)C(=O)N4C3)n3nc4ccccc4c3n2)cc1. The average molecular weight is 882 g/mol. The second-order valence-corrected chi connectivity index (χ2v) is 19.3. The Morgan fingerprint density at radius 2 is 1.68 bits per heavy atom. The minimum atomic E-state index is -3.93. The van der Waals surface area contributed by atoms with Gasteiger partial charge in [0, 0.05) is 29.4 Å². The first-order chi connectivity index (χ1) is 30.4. The summed E-state index contributed by atoms with van der Waals surface area (Å²) in [4.78, 5) is 75.2. The first kappa shape index (κ1) is 42.3. The molecule has 3 aliphatic carbocycles. The molecule has 4 fully saturated rings. The molecule has 18 heteroatoms. The molecule has 2 aromatic heterocycles. The maximum absolute atomic E-state index is 14.8. The van der Waals surface area contributed by atoms with Crippen molar-refractivity contribution in [3.8, 4) is 17.1 Å². The number of hydrogen-bond donors (Lipinski definition) is 3. The van der Waals surface area contributed by atoms with Crippen molar-refractivity contribution in [3.05, 3.63) is 72.3 Å². The lowest BCUT2D eigenvalue weighted by Gasteiger charge is -2.30. The van der Waals surface area contributed by atoms with E-state index in [4.69, 9.17) is 24.3 Å². The monoisotopic (exact) mass is 881 g/mol. The van der Waals surface area contributed by atoms with Crippen LogP contribution in [0.15, 0.2) is 66.7 Å². The third-order valence-corrected chi connectivity index (χ3v) is 14.7. The van der Waals surface area contributed by atoms with Crippen LogP contribution in [0.3, 0.4) is 0 Å². The van der Waals surface area contributed by atoms with Gasteiger partial charge in [0.2, 0.25) is 27.7 Å². The quantitative estimate of drug-likeness (QED) is 0.154. The highest BCUT2D eigenvalue weighted by Crippen LogP contribution is 2.46. The molecule has 9 rings (SSSR count). The van der Waals surface area contributed by atoms with Crippen LogP contribution in [-0.2, 0) is 33.9 Å². The number of benzene rings is 2. The molecule has 17 nitrogen and oxygen atoms in total. The number of nitrogens with zero attached hydrogens (tertiary/aromatic N) is 4. The summed E-state index contributed by atoms with van der Waals surface area (Å²) < 4.78 is 47.1. The van der Waals surface area contributed by atoms with Gasteiger partial charge in [-0.05, 0) is 88.5 Å². The molecule has 4 heterocycles. The van der Waals surface area contributed by atoms with Gasteiger partial charge in [0.25, 0.3) is 5.91 Å². The number of amides is 4. The van der Waals surface area contributed by atoms with Crippen LogP contribution in [0.4, 0.5) is 4.79 Å². The first-order valence-corrected chi connectivity index (χ1v) is 23.4. The molecule has 1 saturated heterocycles. The standard InChI is InChI=1S/C45H51N7O10S/c1-60-42(55)28-19-17-27(18-20-28)36-24-38(52-39(46-36)33-14-9-10-15-34(33)49-52)61-31-23-37-40(53)48-45(43(56)50-63(58,59)32-21-22-32)25-29(45)11-5-3-2-4-6-16-35(41(54)51(37)26-31)47-44(57)62-30-12-7-8-13-30/h5,9-11,14-15,17-20,24,29-32,35,37H,2-4,6-8,12-13,16,21-23,25-26H2,1H3,(H,47,57)(H,48,53)(H,50,56)/b11-5-/t29-,31-,35+,37+,45-/m1/s1. The van der Waals surface area contributed by atoms with Gasteiger partial charge in [-0.3, -0.25) is 19.1 Å². The number of aromatic nitrogens is 3. The highest BCUT2D eigenvalue weighted by atomic mass is 32.2. The van der Waals surface area contributed by atoms with E-state index < -0.39 is 74.7 Å². The number of esters is 1. The minimum absolute atomic E-state index is 0.0108. The van der Waals surface area contributed by atoms with Gasteiger partial charge >= 0.3 is 12.1 Å². The van der Waals surface area contributed by atoms with E-state index in [2.05, 4.69) is 15.4 Å². The Labute approximate surface area is 364 Å². The Morgan fingerprint density at radius 3 is 2.44 bits per heavy atom. The van der Waals surface area contributed by atoms with E-state index >= 15 is 0 Å². The molecule has 5 aliphatic rings.